The van der Waals surface area contributed by atoms with Gasteiger partial charge in [-0.2, -0.15) is 0 Å². The Kier molecular flexibility index (Phi) is 6.12. The van der Waals surface area contributed by atoms with E-state index in [2.05, 4.69) is 25.2 Å². The predicted molar refractivity (Wildman–Crippen MR) is 94.5 cm³/mol. The van der Waals surface area contributed by atoms with Crippen molar-refractivity contribution < 1.29 is 9.53 Å². The van der Waals surface area contributed by atoms with Crippen molar-refractivity contribution in [2.24, 2.45) is 11.8 Å². The van der Waals surface area contributed by atoms with E-state index in [1.807, 2.05) is 20.8 Å². The van der Waals surface area contributed by atoms with Gasteiger partial charge in [0.2, 0.25) is 0 Å². The van der Waals surface area contributed by atoms with E-state index in [1.165, 1.54) is 24.8 Å². The molecular formula is C19H34N2O2. The number of carbonyl (C=O) groups is 1. The summed E-state index contributed by atoms with van der Waals surface area (Å²) in [7, 11) is 0. The quantitative estimate of drug-likeness (QED) is 0.799. The molecule has 132 valence electrons. The number of nitrogens with one attached hydrogen (secondary N) is 1. The summed E-state index contributed by atoms with van der Waals surface area (Å²) >= 11 is 0. The van der Waals surface area contributed by atoms with Crippen LogP contribution in [0.25, 0.3) is 0 Å². The van der Waals surface area contributed by atoms with Crippen molar-refractivity contribution in [3.63, 3.8) is 0 Å². The van der Waals surface area contributed by atoms with E-state index in [0.29, 0.717) is 12.6 Å². The predicted octanol–water partition coefficient (Wildman–Crippen LogP) is 3.97. The summed E-state index contributed by atoms with van der Waals surface area (Å²) in [6, 6.07) is 0.649. The highest BCUT2D eigenvalue weighted by Crippen LogP contribution is 2.28. The molecule has 0 spiro atoms. The maximum Gasteiger partial charge on any atom is 0.410 e. The van der Waals surface area contributed by atoms with E-state index < -0.39 is 5.60 Å². The van der Waals surface area contributed by atoms with Crippen molar-refractivity contribution in [2.45, 2.75) is 71.9 Å². The summed E-state index contributed by atoms with van der Waals surface area (Å²) in [6.45, 7) is 12.9. The minimum atomic E-state index is -0.420. The smallest absolute Gasteiger partial charge is 0.410 e. The van der Waals surface area contributed by atoms with Gasteiger partial charge in [0.15, 0.2) is 0 Å². The number of amides is 1. The lowest BCUT2D eigenvalue weighted by Gasteiger charge is -2.34. The van der Waals surface area contributed by atoms with Crippen molar-refractivity contribution in [2.75, 3.05) is 19.6 Å². The monoisotopic (exact) mass is 322 g/mol. The molecule has 0 radical (unpaired) electrons. The highest BCUT2D eigenvalue weighted by atomic mass is 16.6. The van der Waals surface area contributed by atoms with E-state index in [-0.39, 0.29) is 6.09 Å². The fourth-order valence-corrected chi connectivity index (χ4v) is 3.59. The lowest BCUT2D eigenvalue weighted by atomic mass is 9.80. The first-order chi connectivity index (χ1) is 10.7. The lowest BCUT2D eigenvalue weighted by molar-refractivity contribution is 0.0265. The summed E-state index contributed by atoms with van der Waals surface area (Å²) in [5.74, 6) is 1.64. The van der Waals surface area contributed by atoms with E-state index in [9.17, 15) is 4.79 Å². The highest BCUT2D eigenvalue weighted by Gasteiger charge is 2.26. The highest BCUT2D eigenvalue weighted by molar-refractivity contribution is 5.68. The Bertz CT molecular complexity index is 439. The first-order valence-electron chi connectivity index (χ1n) is 9.14. The second kappa shape index (κ2) is 7.69. The van der Waals surface area contributed by atoms with E-state index in [1.54, 1.807) is 4.90 Å². The SMILES string of the molecule is CC1CCC(NCC2=CCN(C(=O)OC(C)(C)C)CC2)C(C)C1. The molecule has 4 nitrogen and oxygen atoms in total. The number of ether oxygens (including phenoxy) is 1. The van der Waals surface area contributed by atoms with Crippen molar-refractivity contribution in [1.29, 1.82) is 0 Å². The third-order valence-corrected chi connectivity index (χ3v) is 4.98. The molecule has 3 atom stereocenters. The number of carbonyl (C=O) groups excluding carboxylic acids is 1. The molecule has 1 aliphatic heterocycles. The first kappa shape index (κ1) is 18.3. The molecule has 1 saturated carbocycles. The molecule has 0 bridgehead atoms. The maximum atomic E-state index is 12.1. The third-order valence-electron chi connectivity index (χ3n) is 4.98. The van der Waals surface area contributed by atoms with Gasteiger partial charge in [-0.25, -0.2) is 4.79 Å². The van der Waals surface area contributed by atoms with Crippen LogP contribution in [0.4, 0.5) is 4.79 Å². The van der Waals surface area contributed by atoms with Gasteiger partial charge in [0.05, 0.1) is 0 Å². The molecular weight excluding hydrogens is 288 g/mol. The van der Waals surface area contributed by atoms with E-state index in [4.69, 9.17) is 4.74 Å². The fourth-order valence-electron chi connectivity index (χ4n) is 3.59. The maximum absolute atomic E-state index is 12.1. The Morgan fingerprint density at radius 1 is 1.35 bits per heavy atom. The molecule has 1 fully saturated rings. The Balaban J connectivity index is 1.75. The lowest BCUT2D eigenvalue weighted by Crippen LogP contribution is -2.42. The topological polar surface area (TPSA) is 41.6 Å². The van der Waals surface area contributed by atoms with Gasteiger partial charge in [0, 0.05) is 25.7 Å². The average Bonchev–Trinajstić information content (AvgIpc) is 2.45. The summed E-state index contributed by atoms with van der Waals surface area (Å²) in [5.41, 5.74) is 1.01. The molecule has 1 aliphatic carbocycles. The molecule has 1 amide bonds. The van der Waals surface area contributed by atoms with E-state index in [0.717, 1.165) is 31.3 Å². The van der Waals surface area contributed by atoms with Gasteiger partial charge in [-0.05, 0) is 58.3 Å². The summed E-state index contributed by atoms with van der Waals surface area (Å²) in [4.78, 5) is 13.8. The van der Waals surface area contributed by atoms with Crippen LogP contribution in [0, 0.1) is 11.8 Å². The van der Waals surface area contributed by atoms with Gasteiger partial charge >= 0.3 is 6.09 Å². The zero-order chi connectivity index (χ0) is 17.0. The van der Waals surface area contributed by atoms with Crippen molar-refractivity contribution in [3.05, 3.63) is 11.6 Å². The molecule has 4 heteroatoms. The zero-order valence-electron chi connectivity index (χ0n) is 15.5. The van der Waals surface area contributed by atoms with Gasteiger partial charge in [-0.1, -0.05) is 25.5 Å². The van der Waals surface area contributed by atoms with Crippen molar-refractivity contribution in [3.8, 4) is 0 Å². The molecule has 3 unspecified atom stereocenters. The number of rotatable bonds is 3. The number of hydrogen-bond donors (Lipinski definition) is 1. The normalized spacial score (nSPS) is 29.2. The molecule has 1 N–H and O–H groups in total. The van der Waals surface area contributed by atoms with Crippen LogP contribution in [-0.4, -0.2) is 42.3 Å². The van der Waals surface area contributed by atoms with Gasteiger partial charge in [0.25, 0.3) is 0 Å². The van der Waals surface area contributed by atoms with Gasteiger partial charge in [0.1, 0.15) is 5.60 Å². The van der Waals surface area contributed by atoms with Crippen LogP contribution < -0.4 is 5.32 Å². The fraction of sp³-hybridized carbons (Fsp3) is 0.842. The van der Waals surface area contributed by atoms with Crippen LogP contribution in [0.1, 0.15) is 60.3 Å². The van der Waals surface area contributed by atoms with Gasteiger partial charge < -0.3 is 15.0 Å². The minimum absolute atomic E-state index is 0.198. The summed E-state index contributed by atoms with van der Waals surface area (Å²) in [6.07, 6.45) is 6.91. The molecule has 2 aliphatic rings. The van der Waals surface area contributed by atoms with Crippen molar-refractivity contribution in [1.82, 2.24) is 10.2 Å². The van der Waals surface area contributed by atoms with Crippen molar-refractivity contribution >= 4 is 6.09 Å². The Morgan fingerprint density at radius 3 is 2.65 bits per heavy atom. The molecule has 0 aromatic heterocycles. The first-order valence-corrected chi connectivity index (χ1v) is 9.14. The van der Waals surface area contributed by atoms with Crippen LogP contribution in [0.3, 0.4) is 0 Å². The number of hydrogen-bond acceptors (Lipinski definition) is 3. The molecule has 2 rings (SSSR count). The average molecular weight is 322 g/mol. The summed E-state index contributed by atoms with van der Waals surface area (Å²) in [5, 5.41) is 3.74. The molecule has 23 heavy (non-hydrogen) atoms. The Hall–Kier alpha value is -1.03. The van der Waals surface area contributed by atoms with Gasteiger partial charge in [-0.15, -0.1) is 0 Å². The van der Waals surface area contributed by atoms with Crippen LogP contribution in [0.2, 0.25) is 0 Å². The standard InChI is InChI=1S/C19H34N2O2/c1-14-6-7-17(15(2)12-14)20-13-16-8-10-21(11-9-16)18(22)23-19(3,4)5/h8,14-15,17,20H,6-7,9-13H2,1-5H3. The van der Waals surface area contributed by atoms with Gasteiger partial charge in [-0.3, -0.25) is 0 Å². The minimum Gasteiger partial charge on any atom is -0.444 e. The molecule has 0 aromatic carbocycles. The number of nitrogens with zero attached hydrogens (tertiary/aromatic N) is 1. The molecule has 0 aromatic rings. The Labute approximate surface area is 141 Å². The van der Waals surface area contributed by atoms with Crippen LogP contribution in [0.5, 0.6) is 0 Å². The Morgan fingerprint density at radius 2 is 2.09 bits per heavy atom. The van der Waals surface area contributed by atoms with Crippen LogP contribution >= 0.6 is 0 Å². The largest absolute Gasteiger partial charge is 0.444 e. The summed E-state index contributed by atoms with van der Waals surface area (Å²) < 4.78 is 5.43. The van der Waals surface area contributed by atoms with E-state index >= 15 is 0 Å². The second-order valence-electron chi connectivity index (χ2n) is 8.42. The second-order valence-corrected chi connectivity index (χ2v) is 8.42. The van der Waals surface area contributed by atoms with Crippen LogP contribution in [0.15, 0.2) is 11.6 Å². The molecule has 1 heterocycles. The third kappa shape index (κ3) is 5.83. The van der Waals surface area contributed by atoms with Crippen LogP contribution in [-0.2, 0) is 4.74 Å². The molecule has 0 saturated heterocycles. The zero-order valence-corrected chi connectivity index (χ0v) is 15.5.